The van der Waals surface area contributed by atoms with E-state index < -0.39 is 0 Å². The van der Waals surface area contributed by atoms with Crippen LogP contribution in [-0.4, -0.2) is 73.0 Å². The van der Waals surface area contributed by atoms with E-state index in [0.29, 0.717) is 122 Å². The molecule has 4 saturated carbocycles. The van der Waals surface area contributed by atoms with Crippen molar-refractivity contribution in [3.8, 4) is 0 Å². The zero-order valence-electron chi connectivity index (χ0n) is 27.1. The summed E-state index contributed by atoms with van der Waals surface area (Å²) in [5.74, 6) is 3.06. The lowest BCUT2D eigenvalue weighted by Crippen LogP contribution is -2.44. The highest BCUT2D eigenvalue weighted by Gasteiger charge is 2.56. The minimum atomic E-state index is -0.122. The molecule has 0 spiro atoms. The van der Waals surface area contributed by atoms with Crippen LogP contribution in [0.5, 0.6) is 0 Å². The predicted octanol–water partition coefficient (Wildman–Crippen LogP) is 5.62. The van der Waals surface area contributed by atoms with Crippen molar-refractivity contribution in [1.29, 1.82) is 0 Å². The molecule has 4 aliphatic heterocycles. The van der Waals surface area contributed by atoms with Crippen LogP contribution in [0, 0.1) is 47.3 Å². The molecule has 8 rings (SSSR count). The van der Waals surface area contributed by atoms with E-state index in [4.69, 9.17) is 28.4 Å². The monoisotopic (exact) mass is 614 g/mol. The van der Waals surface area contributed by atoms with Crippen molar-refractivity contribution in [2.24, 2.45) is 47.3 Å². The first-order valence-electron chi connectivity index (χ1n) is 18.2. The van der Waals surface area contributed by atoms with Gasteiger partial charge in [0.2, 0.25) is 0 Å². The largest absolute Gasteiger partial charge is 0.462 e. The van der Waals surface area contributed by atoms with Gasteiger partial charge in [-0.1, -0.05) is 27.7 Å². The van der Waals surface area contributed by atoms with Crippen LogP contribution in [0.25, 0.3) is 0 Å². The molecule has 44 heavy (non-hydrogen) atoms. The molecular weight excluding hydrogens is 560 g/mol. The van der Waals surface area contributed by atoms with Gasteiger partial charge in [0.1, 0.15) is 12.2 Å². The molecule has 0 radical (unpaired) electrons. The molecule has 4 saturated heterocycles. The summed E-state index contributed by atoms with van der Waals surface area (Å²) in [6.45, 7) is 9.22. The van der Waals surface area contributed by atoms with Gasteiger partial charge in [0.05, 0.1) is 48.8 Å². The maximum absolute atomic E-state index is 13.3. The molecule has 0 aromatic rings. The highest BCUT2D eigenvalue weighted by atomic mass is 16.6. The molecule has 0 N–H and O–H groups in total. The fourth-order valence-corrected chi connectivity index (χ4v) is 10.3. The summed E-state index contributed by atoms with van der Waals surface area (Å²) in [5, 5.41) is 0. The maximum atomic E-state index is 13.3. The molecule has 0 amide bonds. The molecule has 0 aromatic heterocycles. The van der Waals surface area contributed by atoms with Gasteiger partial charge >= 0.3 is 11.9 Å². The van der Waals surface area contributed by atoms with E-state index in [2.05, 4.69) is 27.7 Å². The molecule has 4 aliphatic carbocycles. The summed E-state index contributed by atoms with van der Waals surface area (Å²) in [6, 6.07) is 0. The first-order chi connectivity index (χ1) is 21.2. The molecule has 0 aromatic carbocycles. The normalized spacial score (nSPS) is 50.9. The molecule has 246 valence electrons. The Balaban J connectivity index is 0.847. The summed E-state index contributed by atoms with van der Waals surface area (Å²) in [6.07, 6.45) is 13.1. The van der Waals surface area contributed by atoms with Crippen LogP contribution < -0.4 is 0 Å². The van der Waals surface area contributed by atoms with E-state index in [9.17, 15) is 9.59 Å². The second-order valence-corrected chi connectivity index (χ2v) is 16.4. The highest BCUT2D eigenvalue weighted by molar-refractivity contribution is 5.71. The Bertz CT molecular complexity index is 948. The van der Waals surface area contributed by atoms with Crippen LogP contribution in [0.2, 0.25) is 0 Å². The average molecular weight is 615 g/mol. The molecule has 8 fully saturated rings. The molecule has 0 bridgehead atoms. The van der Waals surface area contributed by atoms with Crippen molar-refractivity contribution in [1.82, 2.24) is 0 Å². The lowest BCUT2D eigenvalue weighted by molar-refractivity contribution is -0.162. The van der Waals surface area contributed by atoms with E-state index in [0.717, 1.165) is 51.4 Å². The summed E-state index contributed by atoms with van der Waals surface area (Å²) in [7, 11) is 0. The summed E-state index contributed by atoms with van der Waals surface area (Å²) < 4.78 is 36.3. The average Bonchev–Trinajstić information content (AvgIpc) is 3.79. The number of hydrogen-bond donors (Lipinski definition) is 0. The lowest BCUT2D eigenvalue weighted by Gasteiger charge is -2.41. The molecule has 4 heterocycles. The first kappa shape index (κ1) is 30.1. The first-order valence-corrected chi connectivity index (χ1v) is 18.2. The second-order valence-electron chi connectivity index (χ2n) is 16.4. The van der Waals surface area contributed by atoms with E-state index in [1.165, 1.54) is 0 Å². The number of epoxide rings is 4. The number of carbonyl (C=O) groups is 2. The minimum Gasteiger partial charge on any atom is -0.462 e. The molecule has 8 nitrogen and oxygen atoms in total. The Morgan fingerprint density at radius 3 is 1.00 bits per heavy atom. The molecule has 8 aliphatic rings. The third-order valence-corrected chi connectivity index (χ3v) is 13.3. The van der Waals surface area contributed by atoms with Crippen molar-refractivity contribution < 1.29 is 38.0 Å². The molecule has 16 unspecified atom stereocenters. The van der Waals surface area contributed by atoms with Crippen LogP contribution in [0.15, 0.2) is 0 Å². The quantitative estimate of drug-likeness (QED) is 0.168. The van der Waals surface area contributed by atoms with Crippen LogP contribution in [-0.2, 0) is 38.0 Å². The van der Waals surface area contributed by atoms with E-state index >= 15 is 0 Å². The molecule has 8 heteroatoms. The Kier molecular flexibility index (Phi) is 8.07. The van der Waals surface area contributed by atoms with Crippen LogP contribution in [0.1, 0.15) is 105 Å². The van der Waals surface area contributed by atoms with Crippen LogP contribution >= 0.6 is 0 Å². The second kappa shape index (κ2) is 11.8. The standard InChI is InChI=1S/C36H54O8/c1-17-9-25-29(39-25)13-21(17)35(22-14-30-26(40-30)10-18(22)2)43-33(37)7-5-6-8-34(38)44-36(23-15-31-27(41-31)11-19(23)3)24-16-32-28(42-32)12-20(24)4/h17-32,35-36H,5-16H2,1-4H3. The number of unbranched alkanes of at least 4 members (excludes halogenated alkanes) is 1. The lowest BCUT2D eigenvalue weighted by atomic mass is 9.68. The van der Waals surface area contributed by atoms with Crippen molar-refractivity contribution in [3.05, 3.63) is 0 Å². The zero-order chi connectivity index (χ0) is 30.3. The van der Waals surface area contributed by atoms with Crippen LogP contribution in [0.4, 0.5) is 0 Å². The zero-order valence-corrected chi connectivity index (χ0v) is 27.1. The van der Waals surface area contributed by atoms with Crippen LogP contribution in [0.3, 0.4) is 0 Å². The smallest absolute Gasteiger partial charge is 0.306 e. The summed E-state index contributed by atoms with van der Waals surface area (Å²) in [4.78, 5) is 26.6. The fourth-order valence-electron chi connectivity index (χ4n) is 10.3. The third kappa shape index (κ3) is 6.23. The number of rotatable bonds is 11. The van der Waals surface area contributed by atoms with E-state index in [-0.39, 0.29) is 24.1 Å². The summed E-state index contributed by atoms with van der Waals surface area (Å²) in [5.41, 5.74) is 0. The van der Waals surface area contributed by atoms with Gasteiger partial charge in [-0.05, 0) is 87.9 Å². The SMILES string of the molecule is CC1CC2OC2CC1C(OC(=O)CCCCC(=O)OC(C1CC2OC2CC1C)C1CC2OC2CC1C)C1CC2OC2CC1C. The van der Waals surface area contributed by atoms with Gasteiger partial charge in [0.25, 0.3) is 0 Å². The van der Waals surface area contributed by atoms with Crippen molar-refractivity contribution >= 4 is 11.9 Å². The number of esters is 2. The molecular formula is C36H54O8. The molecule has 16 atom stereocenters. The van der Waals surface area contributed by atoms with Gasteiger partial charge in [-0.3, -0.25) is 9.59 Å². The highest BCUT2D eigenvalue weighted by Crippen LogP contribution is 2.52. The van der Waals surface area contributed by atoms with Gasteiger partial charge in [-0.2, -0.15) is 0 Å². The fraction of sp³-hybridized carbons (Fsp3) is 0.944. The van der Waals surface area contributed by atoms with Gasteiger partial charge < -0.3 is 28.4 Å². The third-order valence-electron chi connectivity index (χ3n) is 13.3. The Morgan fingerprint density at radius 1 is 0.477 bits per heavy atom. The maximum Gasteiger partial charge on any atom is 0.306 e. The van der Waals surface area contributed by atoms with Gasteiger partial charge in [-0.15, -0.1) is 0 Å². The Hall–Kier alpha value is -1.22. The van der Waals surface area contributed by atoms with Gasteiger partial charge in [0, 0.05) is 36.5 Å². The Morgan fingerprint density at radius 2 is 0.727 bits per heavy atom. The van der Waals surface area contributed by atoms with Crippen molar-refractivity contribution in [3.63, 3.8) is 0 Å². The van der Waals surface area contributed by atoms with Gasteiger partial charge in [-0.25, -0.2) is 0 Å². The topological polar surface area (TPSA) is 103 Å². The predicted molar refractivity (Wildman–Crippen MR) is 160 cm³/mol. The number of carbonyl (C=O) groups excluding carboxylic acids is 2. The number of hydrogen-bond acceptors (Lipinski definition) is 8. The van der Waals surface area contributed by atoms with Gasteiger partial charge in [0.15, 0.2) is 0 Å². The summed E-state index contributed by atoms with van der Waals surface area (Å²) >= 11 is 0. The Labute approximate surface area is 262 Å². The minimum absolute atomic E-state index is 0.0754. The van der Waals surface area contributed by atoms with E-state index in [1.807, 2.05) is 0 Å². The van der Waals surface area contributed by atoms with Crippen molar-refractivity contribution in [2.45, 2.75) is 166 Å². The van der Waals surface area contributed by atoms with E-state index in [1.54, 1.807) is 0 Å². The number of fused-ring (bicyclic) bond motifs is 4. The van der Waals surface area contributed by atoms with Crippen molar-refractivity contribution in [2.75, 3.05) is 0 Å². The number of ether oxygens (including phenoxy) is 6.